The number of alkyl halides is 3. The molecule has 9 heteroatoms. The fraction of sp³-hybridized carbons (Fsp3) is 0.857. The molecule has 0 unspecified atom stereocenters. The van der Waals surface area contributed by atoms with E-state index in [-0.39, 0.29) is 32.0 Å². The van der Waals surface area contributed by atoms with Crippen LogP contribution >= 0.6 is 0 Å². The van der Waals surface area contributed by atoms with E-state index < -0.39 is 23.9 Å². The summed E-state index contributed by atoms with van der Waals surface area (Å²) in [4.78, 5) is 28.7. The van der Waals surface area contributed by atoms with Gasteiger partial charge in [0.1, 0.15) is 0 Å². The zero-order valence-electron chi connectivity index (χ0n) is 13.2. The molecular weight excluding hydrogens is 313 g/mol. The molecule has 2 fully saturated rings. The van der Waals surface area contributed by atoms with Gasteiger partial charge in [-0.2, -0.15) is 13.2 Å². The Morgan fingerprint density at radius 1 is 1.13 bits per heavy atom. The van der Waals surface area contributed by atoms with Gasteiger partial charge in [-0.05, 0) is 7.05 Å². The minimum absolute atomic E-state index is 0.0322. The van der Waals surface area contributed by atoms with Crippen molar-refractivity contribution in [1.29, 1.82) is 0 Å². The molecule has 23 heavy (non-hydrogen) atoms. The largest absolute Gasteiger partial charge is 0.393 e. The standard InChI is InChI=1S/C14H23F3N4O2/c1-19-4-6-21(7-5-19)12(22)2-3-20-8-10(13(18)23)11(9-20)14(15,16)17/h10-11H,2-9H2,1H3,(H2,18,23)/t10-,11-/m1/s1. The van der Waals surface area contributed by atoms with E-state index in [0.717, 1.165) is 13.1 Å². The second-order valence-corrected chi connectivity index (χ2v) is 6.35. The topological polar surface area (TPSA) is 69.9 Å². The summed E-state index contributed by atoms with van der Waals surface area (Å²) >= 11 is 0. The van der Waals surface area contributed by atoms with Crippen molar-refractivity contribution in [3.63, 3.8) is 0 Å². The Balaban J connectivity index is 1.84. The molecule has 2 atom stereocenters. The number of hydrogen-bond donors (Lipinski definition) is 1. The molecule has 0 bridgehead atoms. The van der Waals surface area contributed by atoms with Gasteiger partial charge in [0.05, 0.1) is 11.8 Å². The Labute approximate surface area is 133 Å². The highest BCUT2D eigenvalue weighted by atomic mass is 19.4. The highest BCUT2D eigenvalue weighted by Crippen LogP contribution is 2.37. The minimum atomic E-state index is -4.45. The average molecular weight is 336 g/mol. The Hall–Kier alpha value is -1.35. The summed E-state index contributed by atoms with van der Waals surface area (Å²) in [6.45, 7) is 2.81. The third kappa shape index (κ3) is 4.57. The zero-order valence-corrected chi connectivity index (χ0v) is 13.2. The molecule has 132 valence electrons. The molecule has 2 aliphatic heterocycles. The van der Waals surface area contributed by atoms with Gasteiger partial charge < -0.3 is 20.4 Å². The van der Waals surface area contributed by atoms with Crippen LogP contribution in [-0.4, -0.2) is 85.6 Å². The van der Waals surface area contributed by atoms with Crippen LogP contribution in [0, 0.1) is 11.8 Å². The lowest BCUT2D eigenvalue weighted by Gasteiger charge is -2.32. The molecule has 0 saturated carbocycles. The number of hydrogen-bond acceptors (Lipinski definition) is 4. The molecule has 0 radical (unpaired) electrons. The lowest BCUT2D eigenvalue weighted by Crippen LogP contribution is -2.47. The molecule has 0 spiro atoms. The normalized spacial score (nSPS) is 27.4. The Kier molecular flexibility index (Phi) is 5.51. The average Bonchev–Trinajstić information content (AvgIpc) is 2.90. The van der Waals surface area contributed by atoms with Crippen molar-refractivity contribution in [3.8, 4) is 0 Å². The number of amides is 2. The number of carbonyl (C=O) groups excluding carboxylic acids is 2. The highest BCUT2D eigenvalue weighted by Gasteiger charge is 2.51. The fourth-order valence-corrected chi connectivity index (χ4v) is 3.16. The van der Waals surface area contributed by atoms with Crippen LogP contribution in [0.5, 0.6) is 0 Å². The van der Waals surface area contributed by atoms with Crippen molar-refractivity contribution >= 4 is 11.8 Å². The van der Waals surface area contributed by atoms with Crippen LogP contribution in [0.15, 0.2) is 0 Å². The number of primary amides is 1. The van der Waals surface area contributed by atoms with Gasteiger partial charge in [-0.25, -0.2) is 0 Å². The van der Waals surface area contributed by atoms with E-state index in [2.05, 4.69) is 4.90 Å². The first kappa shape index (κ1) is 18.0. The summed E-state index contributed by atoms with van der Waals surface area (Å²) in [7, 11) is 1.98. The number of likely N-dealkylation sites (tertiary alicyclic amines) is 1. The zero-order chi connectivity index (χ0) is 17.2. The molecule has 0 aromatic rings. The first-order chi connectivity index (χ1) is 10.7. The second-order valence-electron chi connectivity index (χ2n) is 6.35. The molecule has 2 heterocycles. The summed E-state index contributed by atoms with van der Waals surface area (Å²) in [6, 6.07) is 0. The summed E-state index contributed by atoms with van der Waals surface area (Å²) in [6.07, 6.45) is -4.28. The first-order valence-electron chi connectivity index (χ1n) is 7.73. The Morgan fingerprint density at radius 2 is 1.74 bits per heavy atom. The second kappa shape index (κ2) is 7.04. The van der Waals surface area contributed by atoms with Crippen molar-refractivity contribution in [3.05, 3.63) is 0 Å². The molecule has 2 saturated heterocycles. The Bertz CT molecular complexity index is 450. The van der Waals surface area contributed by atoms with Crippen molar-refractivity contribution < 1.29 is 22.8 Å². The molecule has 0 aromatic heterocycles. The lowest BCUT2D eigenvalue weighted by molar-refractivity contribution is -0.182. The molecule has 2 N–H and O–H groups in total. The van der Waals surface area contributed by atoms with Crippen LogP contribution in [0.3, 0.4) is 0 Å². The van der Waals surface area contributed by atoms with Crippen LogP contribution in [0.1, 0.15) is 6.42 Å². The highest BCUT2D eigenvalue weighted by molar-refractivity contribution is 5.78. The molecule has 6 nitrogen and oxygen atoms in total. The van der Waals surface area contributed by atoms with Gasteiger partial charge in [0.25, 0.3) is 0 Å². The fourth-order valence-electron chi connectivity index (χ4n) is 3.16. The molecular formula is C14H23F3N4O2. The summed E-state index contributed by atoms with van der Waals surface area (Å²) in [5.41, 5.74) is 5.09. The molecule has 0 aliphatic carbocycles. The van der Waals surface area contributed by atoms with E-state index in [9.17, 15) is 22.8 Å². The number of piperazine rings is 1. The predicted octanol–water partition coefficient (Wildman–Crippen LogP) is -0.254. The van der Waals surface area contributed by atoms with Crippen molar-refractivity contribution in [2.24, 2.45) is 17.6 Å². The van der Waals surface area contributed by atoms with Crippen LogP contribution in [0.2, 0.25) is 0 Å². The van der Waals surface area contributed by atoms with Crippen molar-refractivity contribution in [1.82, 2.24) is 14.7 Å². The summed E-state index contributed by atoms with van der Waals surface area (Å²) < 4.78 is 38.9. The Morgan fingerprint density at radius 3 is 2.22 bits per heavy atom. The number of likely N-dealkylation sites (N-methyl/N-ethyl adjacent to an activating group) is 1. The van der Waals surface area contributed by atoms with E-state index in [0.29, 0.717) is 13.1 Å². The van der Waals surface area contributed by atoms with Gasteiger partial charge in [0, 0.05) is 52.2 Å². The monoisotopic (exact) mass is 336 g/mol. The minimum Gasteiger partial charge on any atom is -0.369 e. The lowest BCUT2D eigenvalue weighted by atomic mass is 9.95. The quantitative estimate of drug-likeness (QED) is 0.768. The van der Waals surface area contributed by atoms with Gasteiger partial charge in [0.15, 0.2) is 0 Å². The van der Waals surface area contributed by atoms with Crippen LogP contribution in [0.25, 0.3) is 0 Å². The maximum Gasteiger partial charge on any atom is 0.393 e. The van der Waals surface area contributed by atoms with Gasteiger partial charge >= 0.3 is 6.18 Å². The van der Waals surface area contributed by atoms with E-state index in [1.54, 1.807) is 4.90 Å². The third-order valence-electron chi connectivity index (χ3n) is 4.68. The van der Waals surface area contributed by atoms with Crippen LogP contribution in [-0.2, 0) is 9.59 Å². The number of nitrogens with zero attached hydrogens (tertiary/aromatic N) is 3. The van der Waals surface area contributed by atoms with E-state index in [4.69, 9.17) is 5.73 Å². The molecule has 0 aromatic carbocycles. The van der Waals surface area contributed by atoms with Gasteiger partial charge in [-0.1, -0.05) is 0 Å². The summed E-state index contributed by atoms with van der Waals surface area (Å²) in [5.74, 6) is -3.95. The van der Waals surface area contributed by atoms with Gasteiger partial charge in [-0.3, -0.25) is 9.59 Å². The van der Waals surface area contributed by atoms with E-state index in [1.165, 1.54) is 4.90 Å². The van der Waals surface area contributed by atoms with Crippen LogP contribution < -0.4 is 5.73 Å². The van der Waals surface area contributed by atoms with E-state index >= 15 is 0 Å². The third-order valence-corrected chi connectivity index (χ3v) is 4.68. The van der Waals surface area contributed by atoms with Crippen molar-refractivity contribution in [2.45, 2.75) is 12.6 Å². The number of halogens is 3. The molecule has 2 amide bonds. The number of rotatable bonds is 4. The smallest absolute Gasteiger partial charge is 0.369 e. The maximum atomic E-state index is 13.0. The predicted molar refractivity (Wildman–Crippen MR) is 77.4 cm³/mol. The van der Waals surface area contributed by atoms with Crippen molar-refractivity contribution in [2.75, 3.05) is 52.9 Å². The van der Waals surface area contributed by atoms with E-state index in [1.807, 2.05) is 7.05 Å². The number of carbonyl (C=O) groups is 2. The first-order valence-corrected chi connectivity index (χ1v) is 7.73. The summed E-state index contributed by atoms with van der Waals surface area (Å²) in [5, 5.41) is 0. The number of nitrogens with two attached hydrogens (primary N) is 1. The molecule has 2 aliphatic rings. The molecule has 2 rings (SSSR count). The van der Waals surface area contributed by atoms with Gasteiger partial charge in [-0.15, -0.1) is 0 Å². The SMILES string of the molecule is CN1CCN(C(=O)CCN2C[C@@H](C(F)(F)F)[C@H](C(N)=O)C2)CC1. The van der Waals surface area contributed by atoms with Gasteiger partial charge in [0.2, 0.25) is 11.8 Å². The van der Waals surface area contributed by atoms with Crippen LogP contribution in [0.4, 0.5) is 13.2 Å². The maximum absolute atomic E-state index is 13.0.